The molecular formula is C13H26N2O. The number of carbonyl (C=O) groups is 1. The maximum absolute atomic E-state index is 12.0. The second-order valence-electron chi connectivity index (χ2n) is 5.46. The molecule has 1 rings (SSSR count). The van der Waals surface area contributed by atoms with Gasteiger partial charge in [-0.1, -0.05) is 13.8 Å². The Kier molecular flexibility index (Phi) is 5.26. The number of hydrogen-bond donors (Lipinski definition) is 1. The first-order valence-electron chi connectivity index (χ1n) is 6.50. The van der Waals surface area contributed by atoms with Crippen molar-refractivity contribution in [3.63, 3.8) is 0 Å². The van der Waals surface area contributed by atoms with Crippen molar-refractivity contribution in [1.29, 1.82) is 0 Å². The molecular weight excluding hydrogens is 200 g/mol. The van der Waals surface area contributed by atoms with Crippen molar-refractivity contribution in [3.8, 4) is 0 Å². The van der Waals surface area contributed by atoms with E-state index < -0.39 is 0 Å². The van der Waals surface area contributed by atoms with E-state index in [2.05, 4.69) is 6.92 Å². The molecule has 1 saturated carbocycles. The quantitative estimate of drug-likeness (QED) is 0.797. The number of hydrogen-bond acceptors (Lipinski definition) is 2. The third-order valence-electron chi connectivity index (χ3n) is 3.85. The number of nitrogens with zero attached hydrogens (tertiary/aromatic N) is 1. The first kappa shape index (κ1) is 13.5. The summed E-state index contributed by atoms with van der Waals surface area (Å²) in [6.07, 6.45) is 5.45. The van der Waals surface area contributed by atoms with Gasteiger partial charge in [-0.05, 0) is 44.1 Å². The highest BCUT2D eigenvalue weighted by atomic mass is 16.2. The summed E-state index contributed by atoms with van der Waals surface area (Å²) in [7, 11) is 1.95. The molecule has 0 heterocycles. The molecule has 0 aromatic carbocycles. The van der Waals surface area contributed by atoms with E-state index in [1.807, 2.05) is 18.9 Å². The van der Waals surface area contributed by atoms with Crippen LogP contribution in [0.2, 0.25) is 0 Å². The van der Waals surface area contributed by atoms with E-state index in [9.17, 15) is 4.79 Å². The molecule has 94 valence electrons. The summed E-state index contributed by atoms with van der Waals surface area (Å²) in [4.78, 5) is 13.9. The highest BCUT2D eigenvalue weighted by molar-refractivity contribution is 5.76. The van der Waals surface area contributed by atoms with E-state index in [-0.39, 0.29) is 5.91 Å². The van der Waals surface area contributed by atoms with Gasteiger partial charge in [-0.3, -0.25) is 4.79 Å². The molecule has 1 unspecified atom stereocenters. The third kappa shape index (κ3) is 3.78. The maximum Gasteiger partial charge on any atom is 0.222 e. The lowest BCUT2D eigenvalue weighted by Gasteiger charge is -2.34. The van der Waals surface area contributed by atoms with Gasteiger partial charge in [-0.2, -0.15) is 0 Å². The predicted molar refractivity (Wildman–Crippen MR) is 67.0 cm³/mol. The topological polar surface area (TPSA) is 46.3 Å². The average molecular weight is 226 g/mol. The number of nitrogens with two attached hydrogens (primary N) is 1. The van der Waals surface area contributed by atoms with Gasteiger partial charge < -0.3 is 10.6 Å². The minimum atomic E-state index is 0.262. The van der Waals surface area contributed by atoms with Crippen LogP contribution in [-0.2, 0) is 4.79 Å². The largest absolute Gasteiger partial charge is 0.343 e. The van der Waals surface area contributed by atoms with Crippen LogP contribution in [0.4, 0.5) is 0 Å². The molecule has 1 atom stereocenters. The normalized spacial score (nSPS) is 27.5. The molecule has 0 aromatic heterocycles. The molecule has 0 aliphatic heterocycles. The lowest BCUT2D eigenvalue weighted by molar-refractivity contribution is -0.133. The van der Waals surface area contributed by atoms with Crippen molar-refractivity contribution in [3.05, 3.63) is 0 Å². The van der Waals surface area contributed by atoms with Gasteiger partial charge >= 0.3 is 0 Å². The zero-order chi connectivity index (χ0) is 12.1. The smallest absolute Gasteiger partial charge is 0.222 e. The molecule has 2 N–H and O–H groups in total. The summed E-state index contributed by atoms with van der Waals surface area (Å²) in [5, 5.41) is 0. The Morgan fingerprint density at radius 3 is 2.44 bits per heavy atom. The number of carbonyl (C=O) groups excluding carboxylic acids is 1. The number of rotatable bonds is 4. The standard InChI is InChI=1S/C13H26N2O/c1-10-4-6-12(7-5-10)15(3)13(16)8-11(2)9-14/h10-12H,4-9,14H2,1-3H3. The predicted octanol–water partition coefficient (Wildman–Crippen LogP) is 2.01. The molecule has 0 radical (unpaired) electrons. The fraction of sp³-hybridized carbons (Fsp3) is 0.923. The molecule has 1 aliphatic carbocycles. The highest BCUT2D eigenvalue weighted by Crippen LogP contribution is 2.26. The zero-order valence-corrected chi connectivity index (χ0v) is 10.9. The number of amides is 1. The molecule has 3 nitrogen and oxygen atoms in total. The van der Waals surface area contributed by atoms with E-state index in [0.29, 0.717) is 24.9 Å². The molecule has 1 amide bonds. The van der Waals surface area contributed by atoms with Crippen LogP contribution in [0.3, 0.4) is 0 Å². The molecule has 0 saturated heterocycles. The molecule has 16 heavy (non-hydrogen) atoms. The fourth-order valence-electron chi connectivity index (χ4n) is 2.36. The van der Waals surface area contributed by atoms with E-state index in [4.69, 9.17) is 5.73 Å². The highest BCUT2D eigenvalue weighted by Gasteiger charge is 2.25. The summed E-state index contributed by atoms with van der Waals surface area (Å²) >= 11 is 0. The van der Waals surface area contributed by atoms with Crippen molar-refractivity contribution in [2.24, 2.45) is 17.6 Å². The van der Waals surface area contributed by atoms with Crippen LogP contribution in [0.5, 0.6) is 0 Å². The van der Waals surface area contributed by atoms with Gasteiger partial charge in [-0.25, -0.2) is 0 Å². The Hall–Kier alpha value is -0.570. The van der Waals surface area contributed by atoms with Crippen LogP contribution >= 0.6 is 0 Å². The van der Waals surface area contributed by atoms with Crippen LogP contribution in [0.25, 0.3) is 0 Å². The van der Waals surface area contributed by atoms with Crippen molar-refractivity contribution < 1.29 is 4.79 Å². The summed E-state index contributed by atoms with van der Waals surface area (Å²) in [6.45, 7) is 4.94. The summed E-state index contributed by atoms with van der Waals surface area (Å²) in [5.74, 6) is 1.40. The Morgan fingerprint density at radius 1 is 1.38 bits per heavy atom. The second kappa shape index (κ2) is 6.24. The van der Waals surface area contributed by atoms with Crippen LogP contribution in [0.15, 0.2) is 0 Å². The average Bonchev–Trinajstić information content (AvgIpc) is 2.28. The molecule has 0 aromatic rings. The van der Waals surface area contributed by atoms with Crippen LogP contribution in [0.1, 0.15) is 46.0 Å². The minimum Gasteiger partial charge on any atom is -0.343 e. The van der Waals surface area contributed by atoms with Crippen molar-refractivity contribution in [2.45, 2.75) is 52.0 Å². The molecule has 3 heteroatoms. The first-order valence-corrected chi connectivity index (χ1v) is 6.50. The Morgan fingerprint density at radius 2 is 1.94 bits per heavy atom. The van der Waals surface area contributed by atoms with Crippen LogP contribution in [-0.4, -0.2) is 30.4 Å². The maximum atomic E-state index is 12.0. The van der Waals surface area contributed by atoms with Gasteiger partial charge in [0.2, 0.25) is 5.91 Å². The van der Waals surface area contributed by atoms with Crippen LogP contribution < -0.4 is 5.73 Å². The van der Waals surface area contributed by atoms with Crippen molar-refractivity contribution in [1.82, 2.24) is 4.90 Å². The van der Waals surface area contributed by atoms with Crippen molar-refractivity contribution >= 4 is 5.91 Å². The van der Waals surface area contributed by atoms with E-state index in [1.54, 1.807) is 0 Å². The SMILES string of the molecule is CC1CCC(N(C)C(=O)CC(C)CN)CC1. The monoisotopic (exact) mass is 226 g/mol. The fourth-order valence-corrected chi connectivity index (χ4v) is 2.36. The Labute approximate surface area is 99.4 Å². The summed E-state index contributed by atoms with van der Waals surface area (Å²) < 4.78 is 0. The summed E-state index contributed by atoms with van der Waals surface area (Å²) in [5.41, 5.74) is 5.55. The summed E-state index contributed by atoms with van der Waals surface area (Å²) in [6, 6.07) is 0.466. The Balaban J connectivity index is 2.38. The molecule has 0 spiro atoms. The van der Waals surface area contributed by atoms with Crippen LogP contribution in [0, 0.1) is 11.8 Å². The van der Waals surface area contributed by atoms with Gasteiger partial charge in [0.25, 0.3) is 0 Å². The zero-order valence-electron chi connectivity index (χ0n) is 10.9. The van der Waals surface area contributed by atoms with Gasteiger partial charge in [-0.15, -0.1) is 0 Å². The lowest BCUT2D eigenvalue weighted by atomic mass is 9.86. The second-order valence-corrected chi connectivity index (χ2v) is 5.46. The Bertz CT molecular complexity index is 222. The van der Waals surface area contributed by atoms with Crippen molar-refractivity contribution in [2.75, 3.05) is 13.6 Å². The first-order chi connectivity index (χ1) is 7.54. The van der Waals surface area contributed by atoms with E-state index in [0.717, 1.165) is 5.92 Å². The van der Waals surface area contributed by atoms with Gasteiger partial charge in [0, 0.05) is 19.5 Å². The molecule has 0 bridgehead atoms. The van der Waals surface area contributed by atoms with Gasteiger partial charge in [0.15, 0.2) is 0 Å². The molecule has 1 fully saturated rings. The minimum absolute atomic E-state index is 0.262. The van der Waals surface area contributed by atoms with E-state index in [1.165, 1.54) is 25.7 Å². The third-order valence-corrected chi connectivity index (χ3v) is 3.85. The van der Waals surface area contributed by atoms with E-state index >= 15 is 0 Å². The van der Waals surface area contributed by atoms with Gasteiger partial charge in [0.05, 0.1) is 0 Å². The van der Waals surface area contributed by atoms with Gasteiger partial charge in [0.1, 0.15) is 0 Å². The molecule has 1 aliphatic rings. The lowest BCUT2D eigenvalue weighted by Crippen LogP contribution is -2.40.